The summed E-state index contributed by atoms with van der Waals surface area (Å²) in [6, 6.07) is 20.5. The van der Waals surface area contributed by atoms with E-state index in [1.807, 2.05) is 74.5 Å². The normalized spacial score (nSPS) is 11.8. The van der Waals surface area contributed by atoms with Crippen LogP contribution in [0.25, 0.3) is 11.3 Å². The van der Waals surface area contributed by atoms with Crippen LogP contribution in [0.15, 0.2) is 66.7 Å². The molecular weight excluding hydrogens is 462 g/mol. The van der Waals surface area contributed by atoms with Crippen LogP contribution in [-0.4, -0.2) is 23.6 Å². The fraction of sp³-hybridized carbons (Fsp3) is 0.148. The number of carbonyl (C=O) groups is 2. The molecule has 5 rings (SSSR count). The first-order chi connectivity index (χ1) is 17.0. The number of amides is 2. The van der Waals surface area contributed by atoms with Crippen LogP contribution in [0.5, 0.6) is 11.5 Å². The number of rotatable bonds is 6. The number of benzene rings is 3. The molecule has 0 fully saturated rings. The second-order valence-corrected chi connectivity index (χ2v) is 9.39. The standard InChI is InChI=1S/C27H23N3O4S/c1-16-5-3-4-6-21(16)26(32)28-20-10-8-19(9-11-20)25-17(2)35-27(30-25)29-24(31)14-18-7-12-22-23(13-18)34-15-33-22/h3-13H,14-15H2,1-2H3,(H,28,32)(H,29,30,31). The van der Waals surface area contributed by atoms with E-state index in [2.05, 4.69) is 15.6 Å². The van der Waals surface area contributed by atoms with Gasteiger partial charge in [0.1, 0.15) is 0 Å². The predicted molar refractivity (Wildman–Crippen MR) is 136 cm³/mol. The van der Waals surface area contributed by atoms with E-state index in [1.54, 1.807) is 6.07 Å². The molecule has 1 aromatic heterocycles. The van der Waals surface area contributed by atoms with Crippen molar-refractivity contribution >= 4 is 34.0 Å². The van der Waals surface area contributed by atoms with Crippen molar-refractivity contribution in [2.45, 2.75) is 20.3 Å². The fourth-order valence-corrected chi connectivity index (χ4v) is 4.71. The number of hydrogen-bond donors (Lipinski definition) is 2. The van der Waals surface area contributed by atoms with Crippen LogP contribution in [0.4, 0.5) is 10.8 Å². The highest BCUT2D eigenvalue weighted by atomic mass is 32.1. The molecule has 0 atom stereocenters. The molecule has 4 aromatic rings. The van der Waals surface area contributed by atoms with Crippen LogP contribution < -0.4 is 20.1 Å². The first-order valence-corrected chi connectivity index (χ1v) is 11.9. The Morgan fingerprint density at radius 3 is 2.51 bits per heavy atom. The summed E-state index contributed by atoms with van der Waals surface area (Å²) in [5.74, 6) is 1.04. The van der Waals surface area contributed by atoms with Gasteiger partial charge in [0.2, 0.25) is 12.7 Å². The lowest BCUT2D eigenvalue weighted by Gasteiger charge is -2.08. The molecule has 0 bridgehead atoms. The molecule has 0 spiro atoms. The van der Waals surface area contributed by atoms with E-state index in [0.29, 0.717) is 27.9 Å². The lowest BCUT2D eigenvalue weighted by molar-refractivity contribution is -0.115. The number of carbonyl (C=O) groups excluding carboxylic acids is 2. The molecular formula is C27H23N3O4S. The Morgan fingerprint density at radius 2 is 1.71 bits per heavy atom. The molecule has 1 aliphatic rings. The van der Waals surface area contributed by atoms with Crippen LogP contribution in [0.2, 0.25) is 0 Å². The van der Waals surface area contributed by atoms with Gasteiger partial charge in [-0.25, -0.2) is 4.98 Å². The summed E-state index contributed by atoms with van der Waals surface area (Å²) in [4.78, 5) is 30.7. The predicted octanol–water partition coefficient (Wildman–Crippen LogP) is 5.59. The van der Waals surface area contributed by atoms with Crippen molar-refractivity contribution in [1.29, 1.82) is 0 Å². The van der Waals surface area contributed by atoms with Gasteiger partial charge in [-0.3, -0.25) is 9.59 Å². The van der Waals surface area contributed by atoms with Crippen LogP contribution >= 0.6 is 11.3 Å². The number of thiazole rings is 1. The third kappa shape index (κ3) is 5.02. The van der Waals surface area contributed by atoms with Gasteiger partial charge in [0.15, 0.2) is 16.6 Å². The van der Waals surface area contributed by atoms with Gasteiger partial charge in [0, 0.05) is 21.7 Å². The van der Waals surface area contributed by atoms with Crippen LogP contribution in [0.1, 0.15) is 26.4 Å². The van der Waals surface area contributed by atoms with Crippen molar-refractivity contribution < 1.29 is 19.1 Å². The lowest BCUT2D eigenvalue weighted by atomic mass is 10.1. The molecule has 2 N–H and O–H groups in total. The highest BCUT2D eigenvalue weighted by Gasteiger charge is 2.16. The number of aromatic nitrogens is 1. The summed E-state index contributed by atoms with van der Waals surface area (Å²) in [6.45, 7) is 4.08. The Kier molecular flexibility index (Phi) is 6.20. The highest BCUT2D eigenvalue weighted by molar-refractivity contribution is 7.16. The highest BCUT2D eigenvalue weighted by Crippen LogP contribution is 2.33. The summed E-state index contributed by atoms with van der Waals surface area (Å²) >= 11 is 1.42. The zero-order valence-corrected chi connectivity index (χ0v) is 20.1. The van der Waals surface area contributed by atoms with Crippen molar-refractivity contribution in [1.82, 2.24) is 4.98 Å². The van der Waals surface area contributed by atoms with Gasteiger partial charge in [0.05, 0.1) is 12.1 Å². The van der Waals surface area contributed by atoms with E-state index in [0.717, 1.165) is 27.3 Å². The minimum absolute atomic E-state index is 0.145. The SMILES string of the molecule is Cc1ccccc1C(=O)Nc1ccc(-c2nc(NC(=O)Cc3ccc4c(c3)OCO4)sc2C)cc1. The van der Waals surface area contributed by atoms with Crippen molar-refractivity contribution in [2.24, 2.45) is 0 Å². The average molecular weight is 486 g/mol. The maximum atomic E-state index is 12.6. The van der Waals surface area contributed by atoms with Crippen molar-refractivity contribution in [3.63, 3.8) is 0 Å². The maximum Gasteiger partial charge on any atom is 0.255 e. The zero-order chi connectivity index (χ0) is 24.4. The van der Waals surface area contributed by atoms with E-state index in [1.165, 1.54) is 11.3 Å². The summed E-state index contributed by atoms with van der Waals surface area (Å²) in [5, 5.41) is 6.36. The van der Waals surface area contributed by atoms with Gasteiger partial charge in [-0.15, -0.1) is 11.3 Å². The number of hydrogen-bond acceptors (Lipinski definition) is 6. The molecule has 0 saturated carbocycles. The largest absolute Gasteiger partial charge is 0.454 e. The molecule has 0 saturated heterocycles. The summed E-state index contributed by atoms with van der Waals surface area (Å²) in [5.41, 5.74) is 4.81. The molecule has 176 valence electrons. The second-order valence-electron chi connectivity index (χ2n) is 8.18. The monoisotopic (exact) mass is 485 g/mol. The number of nitrogens with one attached hydrogen (secondary N) is 2. The molecule has 0 radical (unpaired) electrons. The van der Waals surface area contributed by atoms with Crippen molar-refractivity contribution in [3.8, 4) is 22.8 Å². The second kappa shape index (κ2) is 9.60. The number of aryl methyl sites for hydroxylation is 2. The summed E-state index contributed by atoms with van der Waals surface area (Å²) in [6.07, 6.45) is 0.208. The lowest BCUT2D eigenvalue weighted by Crippen LogP contribution is -2.14. The summed E-state index contributed by atoms with van der Waals surface area (Å²) in [7, 11) is 0. The quantitative estimate of drug-likeness (QED) is 0.372. The number of nitrogens with zero attached hydrogens (tertiary/aromatic N) is 1. The van der Waals surface area contributed by atoms with E-state index < -0.39 is 0 Å². The van der Waals surface area contributed by atoms with E-state index in [9.17, 15) is 9.59 Å². The van der Waals surface area contributed by atoms with Gasteiger partial charge in [-0.2, -0.15) is 0 Å². The molecule has 0 unspecified atom stereocenters. The minimum Gasteiger partial charge on any atom is -0.454 e. The molecule has 2 heterocycles. The molecule has 7 nitrogen and oxygen atoms in total. The Balaban J connectivity index is 1.23. The van der Waals surface area contributed by atoms with Crippen LogP contribution in [0.3, 0.4) is 0 Å². The maximum absolute atomic E-state index is 12.6. The number of ether oxygens (including phenoxy) is 2. The third-order valence-electron chi connectivity index (χ3n) is 5.65. The molecule has 35 heavy (non-hydrogen) atoms. The number of fused-ring (bicyclic) bond motifs is 1. The van der Waals surface area contributed by atoms with Gasteiger partial charge >= 0.3 is 0 Å². The third-order valence-corrected chi connectivity index (χ3v) is 6.54. The van der Waals surface area contributed by atoms with Gasteiger partial charge in [-0.1, -0.05) is 36.4 Å². The van der Waals surface area contributed by atoms with E-state index in [-0.39, 0.29) is 25.0 Å². The number of anilines is 2. The Bertz CT molecular complexity index is 1410. The Morgan fingerprint density at radius 1 is 0.943 bits per heavy atom. The molecule has 1 aliphatic heterocycles. The van der Waals surface area contributed by atoms with Gasteiger partial charge in [-0.05, 0) is 55.3 Å². The first kappa shape index (κ1) is 22.6. The van der Waals surface area contributed by atoms with Crippen molar-refractivity contribution in [2.75, 3.05) is 17.4 Å². The van der Waals surface area contributed by atoms with E-state index in [4.69, 9.17) is 9.47 Å². The minimum atomic E-state index is -0.154. The average Bonchev–Trinajstić information content (AvgIpc) is 3.45. The van der Waals surface area contributed by atoms with Gasteiger partial charge < -0.3 is 20.1 Å². The van der Waals surface area contributed by atoms with Crippen molar-refractivity contribution in [3.05, 3.63) is 88.3 Å². The molecule has 0 aliphatic carbocycles. The van der Waals surface area contributed by atoms with Crippen LogP contribution in [-0.2, 0) is 11.2 Å². The fourth-order valence-electron chi connectivity index (χ4n) is 3.86. The first-order valence-electron chi connectivity index (χ1n) is 11.1. The Hall–Kier alpha value is -4.17. The van der Waals surface area contributed by atoms with Gasteiger partial charge in [0.25, 0.3) is 5.91 Å². The van der Waals surface area contributed by atoms with Crippen LogP contribution in [0, 0.1) is 13.8 Å². The molecule has 2 amide bonds. The molecule has 8 heteroatoms. The zero-order valence-electron chi connectivity index (χ0n) is 19.3. The Labute approximate surface area is 206 Å². The summed E-state index contributed by atoms with van der Waals surface area (Å²) < 4.78 is 10.7. The molecule has 3 aromatic carbocycles. The van der Waals surface area contributed by atoms with E-state index >= 15 is 0 Å². The topological polar surface area (TPSA) is 89.6 Å². The smallest absolute Gasteiger partial charge is 0.255 e.